The number of nitrogens with two attached hydrogens (primary N) is 1. The van der Waals surface area contributed by atoms with Gasteiger partial charge in [0.25, 0.3) is 0 Å². The Morgan fingerprint density at radius 2 is 2.00 bits per heavy atom. The fourth-order valence-electron chi connectivity index (χ4n) is 1.89. The molecule has 3 nitrogen and oxygen atoms in total. The van der Waals surface area contributed by atoms with Gasteiger partial charge in [-0.25, -0.2) is 0 Å². The van der Waals surface area contributed by atoms with Crippen LogP contribution in [0.25, 0.3) is 0 Å². The number of benzene rings is 2. The number of anilines is 1. The van der Waals surface area contributed by atoms with Gasteiger partial charge in [-0.1, -0.05) is 29.3 Å². The van der Waals surface area contributed by atoms with Gasteiger partial charge in [0.2, 0.25) is 0 Å². The first kappa shape index (κ1) is 14.9. The van der Waals surface area contributed by atoms with Gasteiger partial charge in [0, 0.05) is 10.5 Å². The summed E-state index contributed by atoms with van der Waals surface area (Å²) in [5, 5.41) is 0.423. The normalized spacial score (nSPS) is 12.2. The summed E-state index contributed by atoms with van der Waals surface area (Å²) in [4.78, 5) is 0.660. The molecule has 0 radical (unpaired) electrons. The highest BCUT2D eigenvalue weighted by Crippen LogP contribution is 2.26. The third-order valence-electron chi connectivity index (χ3n) is 2.96. The van der Waals surface area contributed by atoms with Gasteiger partial charge in [0.1, 0.15) is 5.75 Å². The smallest absolute Gasteiger partial charge is 0.123 e. The van der Waals surface area contributed by atoms with E-state index in [9.17, 15) is 4.21 Å². The van der Waals surface area contributed by atoms with Gasteiger partial charge >= 0.3 is 0 Å². The molecule has 2 rings (SSSR count). The topological polar surface area (TPSA) is 52.3 Å². The number of aryl methyl sites for hydroxylation is 1. The van der Waals surface area contributed by atoms with E-state index in [-0.39, 0.29) is 0 Å². The van der Waals surface area contributed by atoms with Gasteiger partial charge < -0.3 is 10.5 Å². The van der Waals surface area contributed by atoms with Crippen LogP contribution in [0.2, 0.25) is 5.02 Å². The summed E-state index contributed by atoms with van der Waals surface area (Å²) >= 11 is 5.96. The number of nitrogen functional groups attached to an aromatic ring is 1. The van der Waals surface area contributed by atoms with Gasteiger partial charge in [-0.2, -0.15) is 0 Å². The minimum Gasteiger partial charge on any atom is -0.496 e. The van der Waals surface area contributed by atoms with Crippen LogP contribution >= 0.6 is 11.6 Å². The quantitative estimate of drug-likeness (QED) is 0.879. The number of rotatable bonds is 4. The Balaban J connectivity index is 2.27. The summed E-state index contributed by atoms with van der Waals surface area (Å²) in [6.45, 7) is 1.99. The Hall–Kier alpha value is -1.52. The second-order valence-corrected chi connectivity index (χ2v) is 6.35. The molecule has 0 saturated heterocycles. The van der Waals surface area contributed by atoms with Crippen molar-refractivity contribution >= 4 is 28.1 Å². The lowest BCUT2D eigenvalue weighted by Gasteiger charge is -2.10. The highest BCUT2D eigenvalue weighted by atomic mass is 35.5. The first-order valence-electron chi connectivity index (χ1n) is 6.08. The van der Waals surface area contributed by atoms with Gasteiger partial charge in [-0.05, 0) is 31.2 Å². The average molecular weight is 310 g/mol. The number of ether oxygens (including phenoxy) is 1. The number of halogens is 1. The zero-order valence-electron chi connectivity index (χ0n) is 11.4. The van der Waals surface area contributed by atoms with Crippen LogP contribution in [-0.2, 0) is 16.6 Å². The predicted octanol–water partition coefficient (Wildman–Crippen LogP) is 3.55. The van der Waals surface area contributed by atoms with Crippen LogP contribution < -0.4 is 10.5 Å². The van der Waals surface area contributed by atoms with Crippen molar-refractivity contribution in [3.8, 4) is 5.75 Å². The Morgan fingerprint density at radius 3 is 2.65 bits per heavy atom. The number of hydrogen-bond donors (Lipinski definition) is 1. The molecule has 1 unspecified atom stereocenters. The number of hydrogen-bond acceptors (Lipinski definition) is 3. The molecule has 0 bridgehead atoms. The molecule has 20 heavy (non-hydrogen) atoms. The van der Waals surface area contributed by atoms with Gasteiger partial charge in [0.05, 0.1) is 34.4 Å². The largest absolute Gasteiger partial charge is 0.496 e. The van der Waals surface area contributed by atoms with Gasteiger partial charge in [-0.15, -0.1) is 0 Å². The first-order valence-corrected chi connectivity index (χ1v) is 7.78. The summed E-state index contributed by atoms with van der Waals surface area (Å²) in [5.41, 5.74) is 8.16. The molecule has 106 valence electrons. The fraction of sp³-hybridized carbons (Fsp3) is 0.200. The van der Waals surface area contributed by atoms with Crippen molar-refractivity contribution in [2.45, 2.75) is 17.6 Å². The molecule has 0 fully saturated rings. The van der Waals surface area contributed by atoms with E-state index in [0.717, 1.165) is 16.9 Å². The van der Waals surface area contributed by atoms with Crippen LogP contribution in [0.4, 0.5) is 5.69 Å². The molecular formula is C15H16ClNO2S. The Labute approximate surface area is 126 Å². The average Bonchev–Trinajstić information content (AvgIpc) is 2.42. The van der Waals surface area contributed by atoms with E-state index >= 15 is 0 Å². The molecule has 1 atom stereocenters. The summed E-state index contributed by atoms with van der Waals surface area (Å²) in [7, 11) is 0.415. The summed E-state index contributed by atoms with van der Waals surface area (Å²) < 4.78 is 17.7. The monoisotopic (exact) mass is 309 g/mol. The molecule has 0 heterocycles. The van der Waals surface area contributed by atoms with Crippen molar-refractivity contribution in [3.63, 3.8) is 0 Å². The highest BCUT2D eigenvalue weighted by molar-refractivity contribution is 7.84. The maximum absolute atomic E-state index is 12.4. The van der Waals surface area contributed by atoms with E-state index in [0.29, 0.717) is 21.4 Å². The Kier molecular flexibility index (Phi) is 4.68. The van der Waals surface area contributed by atoms with Crippen LogP contribution in [-0.4, -0.2) is 11.3 Å². The summed E-state index contributed by atoms with van der Waals surface area (Å²) in [6, 6.07) is 10.9. The van der Waals surface area contributed by atoms with E-state index in [1.165, 1.54) is 0 Å². The molecule has 5 heteroatoms. The number of methoxy groups -OCH3 is 1. The van der Waals surface area contributed by atoms with E-state index in [4.69, 9.17) is 22.1 Å². The highest BCUT2D eigenvalue weighted by Gasteiger charge is 2.11. The van der Waals surface area contributed by atoms with Crippen molar-refractivity contribution in [2.75, 3.05) is 12.8 Å². The Bertz CT molecular complexity index is 658. The molecule has 2 aromatic carbocycles. The maximum Gasteiger partial charge on any atom is 0.123 e. The fourth-order valence-corrected chi connectivity index (χ4v) is 3.28. The van der Waals surface area contributed by atoms with Crippen molar-refractivity contribution in [1.29, 1.82) is 0 Å². The second kappa shape index (κ2) is 6.29. The molecule has 2 N–H and O–H groups in total. The zero-order valence-corrected chi connectivity index (χ0v) is 12.9. The van der Waals surface area contributed by atoms with Gasteiger partial charge in [-0.3, -0.25) is 4.21 Å². The molecule has 0 aliphatic carbocycles. The standard InChI is InChI=1S/C15H16ClNO2S/c1-10-3-6-15(19-2)11(7-10)9-20(18)12-4-5-14(17)13(16)8-12/h3-8H,9,17H2,1-2H3. The lowest BCUT2D eigenvalue weighted by molar-refractivity contribution is 0.411. The van der Waals surface area contributed by atoms with Crippen molar-refractivity contribution in [1.82, 2.24) is 0 Å². The van der Waals surface area contributed by atoms with E-state index in [1.807, 2.05) is 25.1 Å². The predicted molar refractivity (Wildman–Crippen MR) is 83.7 cm³/mol. The van der Waals surface area contributed by atoms with E-state index in [2.05, 4.69) is 0 Å². The SMILES string of the molecule is COc1ccc(C)cc1CS(=O)c1ccc(N)c(Cl)c1. The molecule has 0 amide bonds. The maximum atomic E-state index is 12.4. The summed E-state index contributed by atoms with van der Waals surface area (Å²) in [6.07, 6.45) is 0. The first-order chi connectivity index (χ1) is 9.51. The lowest BCUT2D eigenvalue weighted by Crippen LogP contribution is -2.00. The molecule has 0 aromatic heterocycles. The molecular weight excluding hydrogens is 294 g/mol. The minimum atomic E-state index is -1.19. The van der Waals surface area contributed by atoms with Crippen LogP contribution in [0.1, 0.15) is 11.1 Å². The summed E-state index contributed by atoms with van der Waals surface area (Å²) in [5.74, 6) is 1.12. The lowest BCUT2D eigenvalue weighted by atomic mass is 10.1. The molecule has 2 aromatic rings. The van der Waals surface area contributed by atoms with E-state index < -0.39 is 10.8 Å². The van der Waals surface area contributed by atoms with Crippen molar-refractivity contribution in [3.05, 3.63) is 52.5 Å². The van der Waals surface area contributed by atoms with Crippen LogP contribution in [0.3, 0.4) is 0 Å². The van der Waals surface area contributed by atoms with E-state index in [1.54, 1.807) is 25.3 Å². The third-order valence-corrected chi connectivity index (χ3v) is 4.64. The molecule has 0 aliphatic rings. The Morgan fingerprint density at radius 1 is 1.25 bits per heavy atom. The van der Waals surface area contributed by atoms with Gasteiger partial charge in [0.15, 0.2) is 0 Å². The zero-order chi connectivity index (χ0) is 14.7. The van der Waals surface area contributed by atoms with Crippen LogP contribution in [0.15, 0.2) is 41.3 Å². The van der Waals surface area contributed by atoms with Crippen molar-refractivity contribution in [2.24, 2.45) is 0 Å². The minimum absolute atomic E-state index is 0.380. The molecule has 0 saturated carbocycles. The van der Waals surface area contributed by atoms with Crippen LogP contribution in [0, 0.1) is 6.92 Å². The molecule has 0 spiro atoms. The third kappa shape index (κ3) is 3.32. The second-order valence-electron chi connectivity index (χ2n) is 4.49. The van der Waals surface area contributed by atoms with Crippen LogP contribution in [0.5, 0.6) is 5.75 Å². The molecule has 0 aliphatic heterocycles. The van der Waals surface area contributed by atoms with Crippen molar-refractivity contribution < 1.29 is 8.95 Å².